The van der Waals surface area contributed by atoms with E-state index in [0.29, 0.717) is 0 Å². The lowest BCUT2D eigenvalue weighted by Crippen LogP contribution is -2.07. The second kappa shape index (κ2) is 4.57. The highest BCUT2D eigenvalue weighted by molar-refractivity contribution is 5.76. The molecule has 0 unspecified atom stereocenters. The van der Waals surface area contributed by atoms with E-state index in [4.69, 9.17) is 14.7 Å². The van der Waals surface area contributed by atoms with Crippen LogP contribution in [0.5, 0.6) is 0 Å². The van der Waals surface area contributed by atoms with Crippen molar-refractivity contribution in [2.45, 2.75) is 6.29 Å². The summed E-state index contributed by atoms with van der Waals surface area (Å²) in [5.41, 5.74) is -1.33. The fourth-order valence-corrected chi connectivity index (χ4v) is 1.57. The molecule has 17 heavy (non-hydrogen) atoms. The monoisotopic (exact) mass is 239 g/mol. The number of nitriles is 1. The lowest BCUT2D eigenvalue weighted by Gasteiger charge is -2.12. The molecule has 0 saturated carbocycles. The van der Waals surface area contributed by atoms with Crippen LogP contribution in [0.15, 0.2) is 6.07 Å². The summed E-state index contributed by atoms with van der Waals surface area (Å²) in [6.45, 7) is 0.555. The first-order chi connectivity index (χ1) is 8.19. The van der Waals surface area contributed by atoms with E-state index in [9.17, 15) is 13.6 Å². The van der Waals surface area contributed by atoms with Crippen molar-refractivity contribution < 1.29 is 23.0 Å². The Morgan fingerprint density at radius 2 is 2.00 bits per heavy atom. The Balaban J connectivity index is 2.59. The third-order valence-corrected chi connectivity index (χ3v) is 2.37. The molecule has 6 heteroatoms. The van der Waals surface area contributed by atoms with Gasteiger partial charge in [-0.3, -0.25) is 4.79 Å². The zero-order chi connectivity index (χ0) is 12.4. The highest BCUT2D eigenvalue weighted by Gasteiger charge is 2.27. The van der Waals surface area contributed by atoms with Crippen LogP contribution in [-0.4, -0.2) is 19.5 Å². The summed E-state index contributed by atoms with van der Waals surface area (Å²) in [6.07, 6.45) is -0.782. The Bertz CT molecular complexity index is 504. The van der Waals surface area contributed by atoms with Gasteiger partial charge < -0.3 is 9.47 Å². The largest absolute Gasteiger partial charge is 0.346 e. The van der Waals surface area contributed by atoms with Gasteiger partial charge in [0.2, 0.25) is 0 Å². The fourth-order valence-electron chi connectivity index (χ4n) is 1.57. The average molecular weight is 239 g/mol. The molecule has 1 aromatic rings. The van der Waals surface area contributed by atoms with Crippen LogP contribution in [-0.2, 0) is 9.47 Å². The van der Waals surface area contributed by atoms with Crippen molar-refractivity contribution in [3.8, 4) is 6.07 Å². The number of aldehydes is 1. The number of rotatable bonds is 2. The van der Waals surface area contributed by atoms with Gasteiger partial charge in [0.15, 0.2) is 24.2 Å². The van der Waals surface area contributed by atoms with E-state index in [0.717, 1.165) is 6.07 Å². The molecule has 1 aliphatic rings. The number of hydrogen-bond acceptors (Lipinski definition) is 4. The lowest BCUT2D eigenvalue weighted by molar-refractivity contribution is -0.0465. The van der Waals surface area contributed by atoms with Gasteiger partial charge >= 0.3 is 0 Å². The number of hydrogen-bond donors (Lipinski definition) is 0. The predicted octanol–water partition coefficient (Wildman–Crippen LogP) is 1.69. The summed E-state index contributed by atoms with van der Waals surface area (Å²) >= 11 is 0. The minimum absolute atomic E-state index is 0.137. The van der Waals surface area contributed by atoms with Gasteiger partial charge in [-0.25, -0.2) is 8.78 Å². The molecule has 1 saturated heterocycles. The van der Waals surface area contributed by atoms with E-state index in [-0.39, 0.29) is 25.1 Å². The zero-order valence-corrected chi connectivity index (χ0v) is 8.57. The topological polar surface area (TPSA) is 59.3 Å². The number of nitrogens with zero attached hydrogens (tertiary/aromatic N) is 1. The highest BCUT2D eigenvalue weighted by Crippen LogP contribution is 2.29. The van der Waals surface area contributed by atoms with Crippen molar-refractivity contribution in [1.29, 1.82) is 5.26 Å². The van der Waals surface area contributed by atoms with E-state index < -0.39 is 29.1 Å². The molecule has 0 atom stereocenters. The van der Waals surface area contributed by atoms with Gasteiger partial charge in [-0.05, 0) is 6.07 Å². The van der Waals surface area contributed by atoms with Gasteiger partial charge in [0.25, 0.3) is 0 Å². The minimum Gasteiger partial charge on any atom is -0.346 e. The fraction of sp³-hybridized carbons (Fsp3) is 0.273. The van der Waals surface area contributed by atoms with Crippen LogP contribution in [0.25, 0.3) is 0 Å². The van der Waals surface area contributed by atoms with Crippen molar-refractivity contribution in [3.05, 3.63) is 34.4 Å². The molecule has 1 fully saturated rings. The maximum atomic E-state index is 13.8. The molecule has 0 radical (unpaired) electrons. The number of carbonyl (C=O) groups excluding carboxylic acids is 1. The summed E-state index contributed by atoms with van der Waals surface area (Å²) in [5.74, 6) is -2.22. The Kier molecular flexibility index (Phi) is 3.13. The molecule has 1 aliphatic heterocycles. The molecule has 1 aromatic carbocycles. The molecular weight excluding hydrogens is 232 g/mol. The second-order valence-electron chi connectivity index (χ2n) is 3.36. The molecule has 2 rings (SSSR count). The first-order valence-corrected chi connectivity index (χ1v) is 4.79. The molecule has 1 heterocycles. The summed E-state index contributed by atoms with van der Waals surface area (Å²) in [4.78, 5) is 10.6. The summed E-state index contributed by atoms with van der Waals surface area (Å²) in [7, 11) is 0. The Morgan fingerprint density at radius 1 is 1.35 bits per heavy atom. The number of benzene rings is 1. The minimum atomic E-state index is -1.17. The average Bonchev–Trinajstić information content (AvgIpc) is 2.83. The van der Waals surface area contributed by atoms with Gasteiger partial charge in [0.05, 0.1) is 18.8 Å². The van der Waals surface area contributed by atoms with Gasteiger partial charge in [-0.15, -0.1) is 0 Å². The van der Waals surface area contributed by atoms with Gasteiger partial charge in [0.1, 0.15) is 11.6 Å². The van der Waals surface area contributed by atoms with Gasteiger partial charge in [0, 0.05) is 5.56 Å². The molecule has 0 N–H and O–H groups in total. The smallest absolute Gasteiger partial charge is 0.186 e. The van der Waals surface area contributed by atoms with Crippen molar-refractivity contribution >= 4 is 6.29 Å². The Morgan fingerprint density at radius 3 is 2.53 bits per heavy atom. The molecule has 0 bridgehead atoms. The quantitative estimate of drug-likeness (QED) is 0.737. The standard InChI is InChI=1S/C11H7F2NO3/c12-9-6(5-15)3-7(10(13)8(9)4-14)11-16-1-2-17-11/h3,5,11H,1-2H2. The molecular formula is C11H7F2NO3. The summed E-state index contributed by atoms with van der Waals surface area (Å²) in [5, 5.41) is 8.66. The van der Waals surface area contributed by atoms with E-state index >= 15 is 0 Å². The van der Waals surface area contributed by atoms with Crippen LogP contribution < -0.4 is 0 Å². The maximum Gasteiger partial charge on any atom is 0.186 e. The van der Waals surface area contributed by atoms with Crippen LogP contribution in [0.2, 0.25) is 0 Å². The summed E-state index contributed by atoms with van der Waals surface area (Å²) in [6, 6.07) is 2.38. The van der Waals surface area contributed by atoms with Crippen molar-refractivity contribution in [1.82, 2.24) is 0 Å². The molecule has 88 valence electrons. The number of carbonyl (C=O) groups is 1. The SMILES string of the molecule is N#Cc1c(F)c(C=O)cc(C2OCCO2)c1F. The van der Waals surface area contributed by atoms with E-state index in [2.05, 4.69) is 0 Å². The number of ether oxygens (including phenoxy) is 2. The first-order valence-electron chi connectivity index (χ1n) is 4.79. The third-order valence-electron chi connectivity index (χ3n) is 2.37. The van der Waals surface area contributed by atoms with Crippen LogP contribution >= 0.6 is 0 Å². The zero-order valence-electron chi connectivity index (χ0n) is 8.57. The van der Waals surface area contributed by atoms with E-state index in [1.807, 2.05) is 0 Å². The summed E-state index contributed by atoms with van der Waals surface area (Å²) < 4.78 is 37.3. The van der Waals surface area contributed by atoms with Crippen molar-refractivity contribution in [3.63, 3.8) is 0 Å². The van der Waals surface area contributed by atoms with Crippen LogP contribution in [0, 0.1) is 23.0 Å². The second-order valence-corrected chi connectivity index (χ2v) is 3.36. The van der Waals surface area contributed by atoms with Crippen LogP contribution in [0.4, 0.5) is 8.78 Å². The molecule has 0 spiro atoms. The molecule has 0 aromatic heterocycles. The number of halogens is 2. The Labute approximate surface area is 95.4 Å². The van der Waals surface area contributed by atoms with Gasteiger partial charge in [-0.2, -0.15) is 5.26 Å². The van der Waals surface area contributed by atoms with Crippen LogP contribution in [0.3, 0.4) is 0 Å². The molecule has 4 nitrogen and oxygen atoms in total. The Hall–Kier alpha value is -1.84. The first kappa shape index (κ1) is 11.6. The molecule has 0 amide bonds. The third kappa shape index (κ3) is 1.90. The maximum absolute atomic E-state index is 13.8. The van der Waals surface area contributed by atoms with Crippen LogP contribution in [0.1, 0.15) is 27.8 Å². The van der Waals surface area contributed by atoms with E-state index in [1.165, 1.54) is 6.07 Å². The predicted molar refractivity (Wildman–Crippen MR) is 51.1 cm³/mol. The highest BCUT2D eigenvalue weighted by atomic mass is 19.1. The van der Waals surface area contributed by atoms with Gasteiger partial charge in [-0.1, -0.05) is 0 Å². The lowest BCUT2D eigenvalue weighted by atomic mass is 10.0. The molecule has 0 aliphatic carbocycles. The van der Waals surface area contributed by atoms with E-state index in [1.54, 1.807) is 0 Å². The van der Waals surface area contributed by atoms with Crippen molar-refractivity contribution in [2.24, 2.45) is 0 Å². The van der Waals surface area contributed by atoms with Crippen molar-refractivity contribution in [2.75, 3.05) is 13.2 Å². The normalized spacial score (nSPS) is 15.8.